The summed E-state index contributed by atoms with van der Waals surface area (Å²) in [5, 5.41) is 3.29. The molecule has 27 heavy (non-hydrogen) atoms. The summed E-state index contributed by atoms with van der Waals surface area (Å²) in [6.45, 7) is 1.23. The van der Waals surface area contributed by atoms with Crippen molar-refractivity contribution in [3.05, 3.63) is 66.0 Å². The molecule has 1 atom stereocenters. The van der Waals surface area contributed by atoms with Gasteiger partial charge >= 0.3 is 0 Å². The molecule has 1 saturated carbocycles. The molecule has 2 heterocycles. The van der Waals surface area contributed by atoms with Gasteiger partial charge in [0, 0.05) is 31.4 Å². The Morgan fingerprint density at radius 2 is 1.74 bits per heavy atom. The quantitative estimate of drug-likeness (QED) is 0.887. The number of carbonyl (C=O) groups excluding carboxylic acids is 2. The fourth-order valence-electron chi connectivity index (χ4n) is 3.85. The van der Waals surface area contributed by atoms with Crippen LogP contribution in [0, 0.1) is 11.8 Å². The van der Waals surface area contributed by atoms with Crippen LogP contribution in [0.25, 0.3) is 0 Å². The molecule has 1 aliphatic heterocycles. The normalized spacial score (nSPS) is 18.7. The van der Waals surface area contributed by atoms with Gasteiger partial charge in [-0.3, -0.25) is 14.6 Å². The molecule has 4 rings (SSSR count). The summed E-state index contributed by atoms with van der Waals surface area (Å²) in [6, 6.07) is 13.9. The monoisotopic (exact) mass is 363 g/mol. The molecule has 1 aliphatic carbocycles. The number of amides is 2. The minimum Gasteiger partial charge on any atom is -0.349 e. The van der Waals surface area contributed by atoms with Gasteiger partial charge in [-0.05, 0) is 49.3 Å². The minimum atomic E-state index is -0.0205. The van der Waals surface area contributed by atoms with E-state index in [4.69, 9.17) is 0 Å². The van der Waals surface area contributed by atoms with E-state index in [-0.39, 0.29) is 23.8 Å². The maximum atomic E-state index is 12.8. The van der Waals surface area contributed by atoms with Crippen LogP contribution in [0.1, 0.15) is 47.6 Å². The van der Waals surface area contributed by atoms with Crippen molar-refractivity contribution in [3.8, 4) is 0 Å². The van der Waals surface area contributed by atoms with Crippen LogP contribution in [0.2, 0.25) is 0 Å². The number of piperidine rings is 1. The zero-order valence-electron chi connectivity index (χ0n) is 15.4. The summed E-state index contributed by atoms with van der Waals surface area (Å²) in [7, 11) is 0. The topological polar surface area (TPSA) is 62.3 Å². The molecule has 5 heteroatoms. The maximum Gasteiger partial charge on any atom is 0.255 e. The number of likely N-dealkylation sites (tertiary alicyclic amines) is 1. The van der Waals surface area contributed by atoms with Crippen molar-refractivity contribution >= 4 is 11.8 Å². The third-order valence-corrected chi connectivity index (χ3v) is 5.61. The Bertz CT molecular complexity index is 782. The first kappa shape index (κ1) is 17.7. The van der Waals surface area contributed by atoms with Crippen LogP contribution in [-0.4, -0.2) is 34.8 Å². The molecular formula is C22H25N3O2. The molecule has 0 spiro atoms. The zero-order valence-corrected chi connectivity index (χ0v) is 15.4. The van der Waals surface area contributed by atoms with Crippen molar-refractivity contribution in [2.75, 3.05) is 13.1 Å². The predicted molar refractivity (Wildman–Crippen MR) is 103 cm³/mol. The first-order valence-corrected chi connectivity index (χ1v) is 9.77. The molecular weight excluding hydrogens is 338 g/mol. The second-order valence-electron chi connectivity index (χ2n) is 7.54. The summed E-state index contributed by atoms with van der Waals surface area (Å²) in [5.41, 5.74) is 1.80. The van der Waals surface area contributed by atoms with E-state index in [9.17, 15) is 9.59 Å². The van der Waals surface area contributed by atoms with Gasteiger partial charge in [-0.15, -0.1) is 0 Å². The highest BCUT2D eigenvalue weighted by Gasteiger charge is 2.35. The Balaban J connectivity index is 1.34. The van der Waals surface area contributed by atoms with Crippen LogP contribution < -0.4 is 5.32 Å². The van der Waals surface area contributed by atoms with E-state index in [1.54, 1.807) is 24.5 Å². The van der Waals surface area contributed by atoms with Crippen molar-refractivity contribution in [1.82, 2.24) is 15.2 Å². The predicted octanol–water partition coefficient (Wildman–Crippen LogP) is 3.20. The van der Waals surface area contributed by atoms with Crippen molar-refractivity contribution < 1.29 is 9.59 Å². The van der Waals surface area contributed by atoms with Gasteiger partial charge in [-0.1, -0.05) is 30.3 Å². The lowest BCUT2D eigenvalue weighted by molar-refractivity contribution is -0.127. The molecule has 140 valence electrons. The maximum absolute atomic E-state index is 12.8. The largest absolute Gasteiger partial charge is 0.349 e. The Morgan fingerprint density at radius 1 is 1.00 bits per heavy atom. The zero-order chi connectivity index (χ0) is 18.6. The van der Waals surface area contributed by atoms with Crippen LogP contribution >= 0.6 is 0 Å². The Hall–Kier alpha value is -2.69. The summed E-state index contributed by atoms with van der Waals surface area (Å²) in [6.07, 6.45) is 7.04. The standard InChI is InChI=1S/C22H25N3O2/c26-21(24-20(17-8-9-17)16-5-2-1-3-6-16)18-10-13-25(14-11-18)22(27)19-7-4-12-23-15-19/h1-7,12,15,17-18,20H,8-11,13-14H2,(H,24,26). The van der Waals surface area contributed by atoms with Gasteiger partial charge in [0.05, 0.1) is 11.6 Å². The van der Waals surface area contributed by atoms with Gasteiger partial charge in [-0.25, -0.2) is 0 Å². The number of aromatic nitrogens is 1. The first-order valence-electron chi connectivity index (χ1n) is 9.77. The second kappa shape index (κ2) is 7.91. The SMILES string of the molecule is O=C(NC(c1ccccc1)C1CC1)C1CCN(C(=O)c2cccnc2)CC1. The summed E-state index contributed by atoms with van der Waals surface area (Å²) in [5.74, 6) is 0.669. The molecule has 1 aromatic heterocycles. The van der Waals surface area contributed by atoms with Crippen LogP contribution in [-0.2, 0) is 4.79 Å². The van der Waals surface area contributed by atoms with E-state index in [1.807, 2.05) is 23.1 Å². The molecule has 5 nitrogen and oxygen atoms in total. The number of hydrogen-bond donors (Lipinski definition) is 1. The molecule has 2 fully saturated rings. The number of rotatable bonds is 5. The highest BCUT2D eigenvalue weighted by Crippen LogP contribution is 2.41. The fraction of sp³-hybridized carbons (Fsp3) is 0.409. The molecule has 1 N–H and O–H groups in total. The number of carbonyl (C=O) groups is 2. The van der Waals surface area contributed by atoms with Gasteiger partial charge in [-0.2, -0.15) is 0 Å². The molecule has 1 unspecified atom stereocenters. The highest BCUT2D eigenvalue weighted by molar-refractivity contribution is 5.94. The van der Waals surface area contributed by atoms with E-state index in [1.165, 1.54) is 18.4 Å². The van der Waals surface area contributed by atoms with E-state index in [0.29, 0.717) is 37.4 Å². The number of hydrogen-bond acceptors (Lipinski definition) is 3. The van der Waals surface area contributed by atoms with Crippen LogP contribution in [0.4, 0.5) is 0 Å². The summed E-state index contributed by atoms with van der Waals surface area (Å²) < 4.78 is 0. The smallest absolute Gasteiger partial charge is 0.255 e. The Kier molecular flexibility index (Phi) is 5.19. The van der Waals surface area contributed by atoms with Crippen LogP contribution in [0.3, 0.4) is 0 Å². The van der Waals surface area contributed by atoms with E-state index >= 15 is 0 Å². The van der Waals surface area contributed by atoms with Crippen molar-refractivity contribution in [2.24, 2.45) is 11.8 Å². The molecule has 0 bridgehead atoms. The van der Waals surface area contributed by atoms with Gasteiger partial charge in [0.2, 0.25) is 5.91 Å². The molecule has 2 aromatic rings. The number of benzene rings is 1. The first-order chi connectivity index (χ1) is 13.2. The number of nitrogens with zero attached hydrogens (tertiary/aromatic N) is 2. The van der Waals surface area contributed by atoms with Crippen molar-refractivity contribution in [1.29, 1.82) is 0 Å². The van der Waals surface area contributed by atoms with Gasteiger partial charge in [0.15, 0.2) is 0 Å². The molecule has 1 aromatic carbocycles. The highest BCUT2D eigenvalue weighted by atomic mass is 16.2. The summed E-state index contributed by atoms with van der Waals surface area (Å²) in [4.78, 5) is 31.2. The lowest BCUT2D eigenvalue weighted by Crippen LogP contribution is -2.44. The third kappa shape index (κ3) is 4.18. The lowest BCUT2D eigenvalue weighted by atomic mass is 9.94. The average Bonchev–Trinajstić information content (AvgIpc) is 3.58. The van der Waals surface area contributed by atoms with Gasteiger partial charge in [0.1, 0.15) is 0 Å². The molecule has 0 radical (unpaired) electrons. The third-order valence-electron chi connectivity index (χ3n) is 5.61. The molecule has 1 saturated heterocycles. The van der Waals surface area contributed by atoms with E-state index in [2.05, 4.69) is 22.4 Å². The minimum absolute atomic E-state index is 0.00195. The van der Waals surface area contributed by atoms with Crippen molar-refractivity contribution in [2.45, 2.75) is 31.7 Å². The number of pyridine rings is 1. The average molecular weight is 363 g/mol. The molecule has 2 amide bonds. The summed E-state index contributed by atoms with van der Waals surface area (Å²) >= 11 is 0. The van der Waals surface area contributed by atoms with Gasteiger partial charge in [0.25, 0.3) is 5.91 Å². The van der Waals surface area contributed by atoms with E-state index < -0.39 is 0 Å². The molecule has 2 aliphatic rings. The van der Waals surface area contributed by atoms with Crippen LogP contribution in [0.5, 0.6) is 0 Å². The second-order valence-corrected chi connectivity index (χ2v) is 7.54. The fourth-order valence-corrected chi connectivity index (χ4v) is 3.85. The lowest BCUT2D eigenvalue weighted by Gasteiger charge is -2.32. The van der Waals surface area contributed by atoms with Crippen molar-refractivity contribution in [3.63, 3.8) is 0 Å². The van der Waals surface area contributed by atoms with E-state index in [0.717, 1.165) is 0 Å². The Labute approximate surface area is 159 Å². The Morgan fingerprint density at radius 3 is 2.37 bits per heavy atom. The number of nitrogens with one attached hydrogen (secondary N) is 1. The van der Waals surface area contributed by atoms with Crippen LogP contribution in [0.15, 0.2) is 54.9 Å². The van der Waals surface area contributed by atoms with Gasteiger partial charge < -0.3 is 10.2 Å².